The molecule has 0 rings (SSSR count). The highest BCUT2D eigenvalue weighted by atomic mass is 17.1. The number of carbonyl (C=O) groups excluding carboxylic acids is 1. The molecule has 0 radical (unpaired) electrons. The Kier molecular flexibility index (Phi) is 15.3. The summed E-state index contributed by atoms with van der Waals surface area (Å²) < 4.78 is 0. The van der Waals surface area contributed by atoms with E-state index >= 15 is 0 Å². The van der Waals surface area contributed by atoms with Gasteiger partial charge in [0, 0.05) is 26.2 Å². The maximum absolute atomic E-state index is 11.9. The zero-order valence-corrected chi connectivity index (χ0v) is 14.6. The Balaban J connectivity index is 4.37. The normalized spacial score (nSPS) is 11.2. The molecule has 0 aromatic heterocycles. The molecule has 0 bridgehead atoms. The second-order valence-electron chi connectivity index (χ2n) is 5.39. The molecular formula is C14H30N4O7. The van der Waals surface area contributed by atoms with Gasteiger partial charge in [0.2, 0.25) is 5.91 Å². The van der Waals surface area contributed by atoms with E-state index in [1.54, 1.807) is 0 Å². The van der Waals surface area contributed by atoms with Crippen LogP contribution < -0.4 is 10.6 Å². The summed E-state index contributed by atoms with van der Waals surface area (Å²) in [6.07, 6.45) is 0.950. The lowest BCUT2D eigenvalue weighted by molar-refractivity contribution is -0.251. The van der Waals surface area contributed by atoms with Gasteiger partial charge in [-0.3, -0.25) is 29.9 Å². The highest BCUT2D eigenvalue weighted by Gasteiger charge is 2.15. The molecule has 0 aromatic carbocycles. The average Bonchev–Trinajstić information content (AvgIpc) is 2.57. The Bertz CT molecular complexity index is 352. The lowest BCUT2D eigenvalue weighted by Crippen LogP contribution is -2.45. The lowest BCUT2D eigenvalue weighted by Gasteiger charge is -2.25. The summed E-state index contributed by atoms with van der Waals surface area (Å²) in [6, 6.07) is 0. The zero-order chi connectivity index (χ0) is 18.9. The number of nitrogens with zero attached hydrogens (tertiary/aromatic N) is 2. The van der Waals surface area contributed by atoms with Gasteiger partial charge in [0.05, 0.1) is 33.0 Å². The molecule has 0 saturated carbocycles. The van der Waals surface area contributed by atoms with E-state index in [4.69, 9.17) is 15.6 Å². The third kappa shape index (κ3) is 14.7. The highest BCUT2D eigenvalue weighted by molar-refractivity contribution is 5.78. The fourth-order valence-corrected chi connectivity index (χ4v) is 2.05. The summed E-state index contributed by atoms with van der Waals surface area (Å²) in [7, 11) is 0. The molecular weight excluding hydrogens is 336 g/mol. The van der Waals surface area contributed by atoms with Crippen molar-refractivity contribution >= 4 is 11.9 Å². The predicted octanol–water partition coefficient (Wildman–Crippen LogP) is -1.27. The van der Waals surface area contributed by atoms with Gasteiger partial charge in [-0.05, 0) is 13.0 Å². The number of nitrogens with one attached hydrogen (secondary N) is 2. The number of carbonyl (C=O) groups is 2. The first-order valence-electron chi connectivity index (χ1n) is 8.20. The monoisotopic (exact) mass is 366 g/mol. The van der Waals surface area contributed by atoms with Crippen LogP contribution in [0.25, 0.3) is 0 Å². The molecule has 0 atom stereocenters. The molecule has 5 N–H and O–H groups in total. The number of carboxylic acids is 1. The van der Waals surface area contributed by atoms with Gasteiger partial charge in [0.1, 0.15) is 0 Å². The summed E-state index contributed by atoms with van der Waals surface area (Å²) in [6.45, 7) is 4.43. The highest BCUT2D eigenvalue weighted by Crippen LogP contribution is 1.94. The lowest BCUT2D eigenvalue weighted by atomic mass is 10.4. The molecule has 0 aromatic rings. The minimum Gasteiger partial charge on any atom is -0.480 e. The van der Waals surface area contributed by atoms with Crippen molar-refractivity contribution in [3.8, 4) is 0 Å². The Morgan fingerprint density at radius 3 is 2.08 bits per heavy atom. The van der Waals surface area contributed by atoms with Gasteiger partial charge in [0.25, 0.3) is 0 Å². The third-order valence-corrected chi connectivity index (χ3v) is 3.29. The molecule has 148 valence electrons. The molecule has 0 aliphatic heterocycles. The molecule has 0 unspecified atom stereocenters. The van der Waals surface area contributed by atoms with Crippen molar-refractivity contribution in [1.82, 2.24) is 20.4 Å². The summed E-state index contributed by atoms with van der Waals surface area (Å²) in [5.74, 6) is -1.30. The van der Waals surface area contributed by atoms with Gasteiger partial charge in [-0.25, -0.2) is 9.78 Å². The largest absolute Gasteiger partial charge is 0.480 e. The first-order chi connectivity index (χ1) is 12.0. The van der Waals surface area contributed by atoms with E-state index in [1.165, 1.54) is 4.90 Å². The third-order valence-electron chi connectivity index (χ3n) is 3.29. The Morgan fingerprint density at radius 2 is 1.56 bits per heavy atom. The van der Waals surface area contributed by atoms with Crippen LogP contribution in [0.1, 0.15) is 13.3 Å². The quantitative estimate of drug-likeness (QED) is 0.0914. The summed E-state index contributed by atoms with van der Waals surface area (Å²) >= 11 is 0. The molecule has 25 heavy (non-hydrogen) atoms. The zero-order valence-electron chi connectivity index (χ0n) is 14.6. The van der Waals surface area contributed by atoms with Crippen LogP contribution in [0.4, 0.5) is 0 Å². The van der Waals surface area contributed by atoms with Crippen LogP contribution in [-0.2, 0) is 19.4 Å². The van der Waals surface area contributed by atoms with E-state index in [0.717, 1.165) is 13.0 Å². The van der Waals surface area contributed by atoms with Crippen LogP contribution in [0.2, 0.25) is 0 Å². The summed E-state index contributed by atoms with van der Waals surface area (Å²) in [5.41, 5.74) is 0. The van der Waals surface area contributed by atoms with E-state index in [1.807, 2.05) is 11.8 Å². The van der Waals surface area contributed by atoms with Crippen molar-refractivity contribution in [2.45, 2.75) is 13.3 Å². The number of hydrogen-bond acceptors (Lipinski definition) is 9. The molecule has 0 fully saturated rings. The molecule has 0 saturated heterocycles. The van der Waals surface area contributed by atoms with E-state index in [2.05, 4.69) is 20.4 Å². The number of aliphatic carboxylic acids is 1. The van der Waals surface area contributed by atoms with Crippen molar-refractivity contribution < 1.29 is 35.0 Å². The first kappa shape index (κ1) is 23.7. The SMILES string of the molecule is CCCNCNC(=O)CN(CCN(CCOO)CCOO)CC(=O)O. The Hall–Kier alpha value is -1.34. The van der Waals surface area contributed by atoms with Gasteiger partial charge < -0.3 is 15.7 Å². The van der Waals surface area contributed by atoms with Crippen LogP contribution in [0.3, 0.4) is 0 Å². The second kappa shape index (κ2) is 16.1. The smallest absolute Gasteiger partial charge is 0.317 e. The van der Waals surface area contributed by atoms with Crippen molar-refractivity contribution in [3.05, 3.63) is 0 Å². The summed E-state index contributed by atoms with van der Waals surface area (Å²) in [5, 5.41) is 31.5. The van der Waals surface area contributed by atoms with Gasteiger partial charge in [-0.1, -0.05) is 6.92 Å². The fourth-order valence-electron chi connectivity index (χ4n) is 2.05. The maximum Gasteiger partial charge on any atom is 0.317 e. The van der Waals surface area contributed by atoms with Gasteiger partial charge in [-0.2, -0.15) is 0 Å². The molecule has 0 aliphatic carbocycles. The van der Waals surface area contributed by atoms with Crippen molar-refractivity contribution in [2.75, 3.05) is 65.7 Å². The van der Waals surface area contributed by atoms with Crippen LogP contribution >= 0.6 is 0 Å². The van der Waals surface area contributed by atoms with Gasteiger partial charge in [-0.15, -0.1) is 0 Å². The number of hydrogen-bond donors (Lipinski definition) is 5. The van der Waals surface area contributed by atoms with Crippen LogP contribution in [0, 0.1) is 0 Å². The van der Waals surface area contributed by atoms with Gasteiger partial charge >= 0.3 is 5.97 Å². The number of amides is 1. The Morgan fingerprint density at radius 1 is 0.960 bits per heavy atom. The predicted molar refractivity (Wildman–Crippen MR) is 89.0 cm³/mol. The maximum atomic E-state index is 11.9. The molecule has 0 aliphatic rings. The number of carboxylic acid groups (broad SMARTS) is 1. The van der Waals surface area contributed by atoms with Crippen molar-refractivity contribution in [1.29, 1.82) is 0 Å². The minimum atomic E-state index is -1.03. The van der Waals surface area contributed by atoms with E-state index in [9.17, 15) is 9.59 Å². The van der Waals surface area contributed by atoms with Gasteiger partial charge in [0.15, 0.2) is 0 Å². The molecule has 11 nitrogen and oxygen atoms in total. The summed E-state index contributed by atoms with van der Waals surface area (Å²) in [4.78, 5) is 34.2. The molecule has 0 spiro atoms. The fraction of sp³-hybridized carbons (Fsp3) is 0.857. The van der Waals surface area contributed by atoms with E-state index in [0.29, 0.717) is 32.8 Å². The molecule has 11 heteroatoms. The van der Waals surface area contributed by atoms with Crippen LogP contribution in [0.15, 0.2) is 0 Å². The number of rotatable bonds is 17. The Labute approximate surface area is 147 Å². The minimum absolute atomic E-state index is 0.0407. The average molecular weight is 366 g/mol. The second-order valence-corrected chi connectivity index (χ2v) is 5.39. The molecule has 0 heterocycles. The van der Waals surface area contributed by atoms with Crippen molar-refractivity contribution in [3.63, 3.8) is 0 Å². The first-order valence-corrected chi connectivity index (χ1v) is 8.20. The van der Waals surface area contributed by atoms with Crippen LogP contribution in [0.5, 0.6) is 0 Å². The van der Waals surface area contributed by atoms with E-state index < -0.39 is 5.97 Å². The van der Waals surface area contributed by atoms with Crippen LogP contribution in [-0.4, -0.2) is 103 Å². The standard InChI is InChI=1S/C14H30N4O7/c1-2-3-15-12-16-13(19)10-18(11-14(20)21)5-4-17(6-8-24-22)7-9-25-23/h15,22-23H,2-12H2,1H3,(H,16,19)(H,20,21). The van der Waals surface area contributed by atoms with E-state index in [-0.39, 0.29) is 32.2 Å². The molecule has 1 amide bonds. The van der Waals surface area contributed by atoms with Crippen molar-refractivity contribution in [2.24, 2.45) is 0 Å². The topological polar surface area (TPSA) is 144 Å².